The predicted molar refractivity (Wildman–Crippen MR) is 119 cm³/mol. The molecule has 3 aromatic heterocycles. The second-order valence-electron chi connectivity index (χ2n) is 6.36. The molecule has 0 saturated carbocycles. The molecule has 3 heterocycles. The predicted octanol–water partition coefficient (Wildman–Crippen LogP) is 2.23. The molecule has 4 aromatic rings. The minimum atomic E-state index is -0.513. The van der Waals surface area contributed by atoms with Gasteiger partial charge in [-0.05, 0) is 12.1 Å². The van der Waals surface area contributed by atoms with Crippen molar-refractivity contribution in [3.63, 3.8) is 0 Å². The number of nitrogens with zero attached hydrogens (tertiary/aromatic N) is 6. The van der Waals surface area contributed by atoms with E-state index in [1.807, 2.05) is 6.92 Å². The summed E-state index contributed by atoms with van der Waals surface area (Å²) >= 11 is 6.11. The Morgan fingerprint density at radius 1 is 1.16 bits per heavy atom. The standard InChI is InChI=1S/C15H11ClFN3O.C5H6N6/c1-2-13-19-12-5-3-4-11(16)14(12)15(21)20(13)10-6-9(17)7-18-8-10;6-1-2-3(7)10-5(9)11-4(2)8/h3-8H,2H2,1H3;(H6,7,8,9,10,11). The highest BCUT2D eigenvalue weighted by Gasteiger charge is 2.14. The molecule has 0 aliphatic carbocycles. The van der Waals surface area contributed by atoms with Gasteiger partial charge in [-0.15, -0.1) is 0 Å². The molecule has 6 N–H and O–H groups in total. The molecule has 32 heavy (non-hydrogen) atoms. The van der Waals surface area contributed by atoms with E-state index in [2.05, 4.69) is 19.9 Å². The summed E-state index contributed by atoms with van der Waals surface area (Å²) in [5, 5.41) is 9.10. The van der Waals surface area contributed by atoms with Crippen LogP contribution in [0, 0.1) is 17.1 Å². The van der Waals surface area contributed by atoms with Gasteiger partial charge in [-0.25, -0.2) is 9.37 Å². The number of anilines is 3. The Morgan fingerprint density at radius 2 is 1.84 bits per heavy atom. The number of fused-ring (bicyclic) bond motifs is 1. The number of rotatable bonds is 2. The molecule has 0 amide bonds. The lowest BCUT2D eigenvalue weighted by Gasteiger charge is -2.12. The van der Waals surface area contributed by atoms with E-state index in [0.29, 0.717) is 33.9 Å². The molecule has 0 spiro atoms. The van der Waals surface area contributed by atoms with Crippen LogP contribution in [0.25, 0.3) is 16.6 Å². The van der Waals surface area contributed by atoms with Gasteiger partial charge in [-0.3, -0.25) is 14.3 Å². The second kappa shape index (κ2) is 9.23. The quantitative estimate of drug-likeness (QED) is 0.410. The molecule has 0 unspecified atom stereocenters. The number of nitrogens with two attached hydrogens (primary N) is 3. The van der Waals surface area contributed by atoms with Gasteiger partial charge in [0.15, 0.2) is 0 Å². The Labute approximate surface area is 186 Å². The highest BCUT2D eigenvalue weighted by atomic mass is 35.5. The molecule has 0 atom stereocenters. The van der Waals surface area contributed by atoms with Crippen molar-refractivity contribution in [2.24, 2.45) is 0 Å². The first kappa shape index (κ1) is 22.4. The van der Waals surface area contributed by atoms with Crippen molar-refractivity contribution in [3.05, 3.63) is 69.2 Å². The lowest BCUT2D eigenvalue weighted by Crippen LogP contribution is -2.24. The summed E-state index contributed by atoms with van der Waals surface area (Å²) in [4.78, 5) is 28.1. The first-order valence-corrected chi connectivity index (χ1v) is 9.54. The Bertz CT molecular complexity index is 1390. The fourth-order valence-electron chi connectivity index (χ4n) is 2.89. The average molecular weight is 454 g/mol. The van der Waals surface area contributed by atoms with Crippen LogP contribution in [-0.2, 0) is 6.42 Å². The zero-order chi connectivity index (χ0) is 23.4. The maximum atomic E-state index is 13.4. The lowest BCUT2D eigenvalue weighted by atomic mass is 10.2. The maximum absolute atomic E-state index is 13.4. The number of pyridine rings is 1. The van der Waals surface area contributed by atoms with Crippen LogP contribution in [0.4, 0.5) is 22.0 Å². The van der Waals surface area contributed by atoms with Crippen LogP contribution in [0.3, 0.4) is 0 Å². The molecule has 0 radical (unpaired) electrons. The topological polar surface area (TPSA) is 175 Å². The van der Waals surface area contributed by atoms with Gasteiger partial charge in [0.1, 0.15) is 34.9 Å². The Hall–Kier alpha value is -4.30. The van der Waals surface area contributed by atoms with Gasteiger partial charge in [0.05, 0.1) is 34.0 Å². The minimum absolute atomic E-state index is 0.0116. The SMILES string of the molecule is CCc1nc2cccc(Cl)c2c(=O)n1-c1cncc(F)c1.N#Cc1c(N)nc(N)nc1N. The van der Waals surface area contributed by atoms with Crippen LogP contribution < -0.4 is 22.8 Å². The summed E-state index contributed by atoms with van der Waals surface area (Å²) in [5.74, 6) is 0.0110. The third-order valence-electron chi connectivity index (χ3n) is 4.28. The van der Waals surface area contributed by atoms with E-state index in [9.17, 15) is 9.18 Å². The molecule has 10 nitrogen and oxygen atoms in total. The van der Waals surface area contributed by atoms with Crippen molar-refractivity contribution in [2.45, 2.75) is 13.3 Å². The van der Waals surface area contributed by atoms with Crippen LogP contribution >= 0.6 is 11.6 Å². The van der Waals surface area contributed by atoms with E-state index in [1.54, 1.807) is 24.3 Å². The largest absolute Gasteiger partial charge is 0.382 e. The van der Waals surface area contributed by atoms with Crippen LogP contribution in [0.5, 0.6) is 0 Å². The van der Waals surface area contributed by atoms with Gasteiger partial charge < -0.3 is 17.2 Å². The normalized spacial score (nSPS) is 10.3. The summed E-state index contributed by atoms with van der Waals surface area (Å²) in [5.41, 5.74) is 16.4. The zero-order valence-corrected chi connectivity index (χ0v) is 17.5. The molecular formula is C20H17ClFN9O. The van der Waals surface area contributed by atoms with Crippen LogP contribution in [-0.4, -0.2) is 24.5 Å². The van der Waals surface area contributed by atoms with Gasteiger partial charge in [0, 0.05) is 12.5 Å². The van der Waals surface area contributed by atoms with Gasteiger partial charge >= 0.3 is 0 Å². The summed E-state index contributed by atoms with van der Waals surface area (Å²) in [6, 6.07) is 8.11. The molecule has 0 saturated heterocycles. The molecule has 0 aliphatic heterocycles. The number of aromatic nitrogens is 5. The highest BCUT2D eigenvalue weighted by Crippen LogP contribution is 2.20. The van der Waals surface area contributed by atoms with Crippen molar-refractivity contribution < 1.29 is 4.39 Å². The molecule has 162 valence electrons. The monoisotopic (exact) mass is 453 g/mol. The molecule has 4 rings (SSSR count). The molecule has 0 bridgehead atoms. The zero-order valence-electron chi connectivity index (χ0n) is 16.8. The maximum Gasteiger partial charge on any atom is 0.267 e. The van der Waals surface area contributed by atoms with Crippen molar-refractivity contribution in [1.29, 1.82) is 5.26 Å². The summed E-state index contributed by atoms with van der Waals surface area (Å²) in [6.45, 7) is 1.88. The van der Waals surface area contributed by atoms with E-state index in [1.165, 1.54) is 16.8 Å². The van der Waals surface area contributed by atoms with Gasteiger partial charge in [-0.1, -0.05) is 24.6 Å². The van der Waals surface area contributed by atoms with E-state index in [0.717, 1.165) is 6.20 Å². The smallest absolute Gasteiger partial charge is 0.267 e. The minimum Gasteiger partial charge on any atom is -0.382 e. The number of hydrogen-bond acceptors (Lipinski definition) is 9. The molecule has 0 fully saturated rings. The summed E-state index contributed by atoms with van der Waals surface area (Å²) < 4.78 is 14.7. The molecule has 12 heteroatoms. The second-order valence-corrected chi connectivity index (χ2v) is 6.76. The highest BCUT2D eigenvalue weighted by molar-refractivity contribution is 6.35. The van der Waals surface area contributed by atoms with Gasteiger partial charge in [-0.2, -0.15) is 15.2 Å². The van der Waals surface area contributed by atoms with Crippen molar-refractivity contribution in [2.75, 3.05) is 17.2 Å². The first-order chi connectivity index (χ1) is 15.3. The summed E-state index contributed by atoms with van der Waals surface area (Å²) in [7, 11) is 0. The van der Waals surface area contributed by atoms with E-state index >= 15 is 0 Å². The van der Waals surface area contributed by atoms with E-state index in [4.69, 9.17) is 34.1 Å². The lowest BCUT2D eigenvalue weighted by molar-refractivity contribution is 0.618. The van der Waals surface area contributed by atoms with Crippen LogP contribution in [0.1, 0.15) is 18.3 Å². The molecular weight excluding hydrogens is 437 g/mol. The van der Waals surface area contributed by atoms with Crippen LogP contribution in [0.15, 0.2) is 41.5 Å². The number of nitrogen functional groups attached to an aromatic ring is 3. The van der Waals surface area contributed by atoms with Gasteiger partial charge in [0.2, 0.25) is 5.95 Å². The van der Waals surface area contributed by atoms with Crippen molar-refractivity contribution in [3.8, 4) is 11.8 Å². The van der Waals surface area contributed by atoms with E-state index in [-0.39, 0.29) is 28.7 Å². The Kier molecular flexibility index (Phi) is 6.46. The van der Waals surface area contributed by atoms with Crippen molar-refractivity contribution in [1.82, 2.24) is 24.5 Å². The summed E-state index contributed by atoms with van der Waals surface area (Å²) in [6.07, 6.45) is 3.03. The third kappa shape index (κ3) is 4.40. The third-order valence-corrected chi connectivity index (χ3v) is 4.59. The van der Waals surface area contributed by atoms with Crippen LogP contribution in [0.2, 0.25) is 5.02 Å². The van der Waals surface area contributed by atoms with E-state index < -0.39 is 5.82 Å². The fourth-order valence-corrected chi connectivity index (χ4v) is 3.14. The number of aryl methyl sites for hydroxylation is 1. The number of nitriles is 1. The number of hydrogen-bond donors (Lipinski definition) is 3. The molecule has 0 aliphatic rings. The number of halogens is 2. The first-order valence-electron chi connectivity index (χ1n) is 9.16. The average Bonchev–Trinajstić information content (AvgIpc) is 2.73. The van der Waals surface area contributed by atoms with Gasteiger partial charge in [0.25, 0.3) is 5.56 Å². The fraction of sp³-hybridized carbons (Fsp3) is 0.100. The van der Waals surface area contributed by atoms with Crippen molar-refractivity contribution >= 4 is 40.1 Å². The Balaban J connectivity index is 0.000000222. The molecule has 1 aromatic carbocycles. The number of benzene rings is 1. The Morgan fingerprint density at radius 3 is 2.44 bits per heavy atom.